The minimum atomic E-state index is -0.470. The number of carbonyl (C=O) groups excluding carboxylic acids is 2. The first-order chi connectivity index (χ1) is 16.0. The number of hydrogen-bond donors (Lipinski definition) is 1. The molecule has 2 aliphatic rings. The number of benzene rings is 2. The molecule has 0 unspecified atom stereocenters. The van der Waals surface area contributed by atoms with Crippen LogP contribution in [0.15, 0.2) is 81.6 Å². The zero-order chi connectivity index (χ0) is 23.4. The van der Waals surface area contributed by atoms with E-state index in [0.717, 1.165) is 33.4 Å². The second-order valence-electron chi connectivity index (χ2n) is 8.32. The molecule has 2 atom stereocenters. The quantitative estimate of drug-likeness (QED) is 0.400. The van der Waals surface area contributed by atoms with Crippen molar-refractivity contribution in [2.75, 3.05) is 19.8 Å². The molecule has 4 rings (SSSR count). The zero-order valence-electron chi connectivity index (χ0n) is 18.9. The smallest absolute Gasteiger partial charge is 0.336 e. The zero-order valence-corrected chi connectivity index (χ0v) is 20.5. The van der Waals surface area contributed by atoms with E-state index >= 15 is 0 Å². The van der Waals surface area contributed by atoms with E-state index in [2.05, 4.69) is 33.4 Å². The van der Waals surface area contributed by atoms with Crippen molar-refractivity contribution in [3.05, 3.63) is 92.7 Å². The number of esters is 1. The van der Waals surface area contributed by atoms with Gasteiger partial charge in [0.15, 0.2) is 5.78 Å². The topological polar surface area (TPSA) is 64.6 Å². The van der Waals surface area contributed by atoms with Gasteiger partial charge in [0.25, 0.3) is 0 Å². The van der Waals surface area contributed by atoms with Crippen LogP contribution in [-0.4, -0.2) is 31.6 Å². The fourth-order valence-corrected chi connectivity index (χ4v) is 5.12. The van der Waals surface area contributed by atoms with Gasteiger partial charge in [0.1, 0.15) is 6.61 Å². The number of Topliss-reactive ketones (excluding diaryl/α,β-unsaturated/α-hetero) is 1. The van der Waals surface area contributed by atoms with E-state index < -0.39 is 11.9 Å². The number of ketones is 1. The van der Waals surface area contributed by atoms with Gasteiger partial charge in [-0.3, -0.25) is 4.79 Å². The Labute approximate surface area is 203 Å². The Kier molecular flexibility index (Phi) is 7.46. The summed E-state index contributed by atoms with van der Waals surface area (Å²) in [5, 5.41) is 3.39. The standard InChI is InChI=1S/C27H28BrNO4/c1-3-32-12-13-33-27(31)24-17(2)29-22-15-20(18-8-5-4-6-9-18)16-23(30)26(22)25(24)19-10-7-11-21(28)14-19/h4-11,14,20,25,29H,3,12-13,15-16H2,1-2H3/t20-,25+/m0/s1. The Hall–Kier alpha value is -2.70. The lowest BCUT2D eigenvalue weighted by atomic mass is 9.72. The first-order valence-corrected chi connectivity index (χ1v) is 12.1. The van der Waals surface area contributed by atoms with Crippen LogP contribution >= 0.6 is 15.9 Å². The summed E-state index contributed by atoms with van der Waals surface area (Å²) in [6.45, 7) is 4.85. The molecular formula is C27H28BrNO4. The van der Waals surface area contributed by atoms with Gasteiger partial charge in [0.05, 0.1) is 12.2 Å². The van der Waals surface area contributed by atoms with E-state index in [-0.39, 0.29) is 18.3 Å². The van der Waals surface area contributed by atoms with Crippen molar-refractivity contribution in [3.8, 4) is 0 Å². The first-order valence-electron chi connectivity index (χ1n) is 11.3. The molecule has 1 N–H and O–H groups in total. The molecule has 1 heterocycles. The van der Waals surface area contributed by atoms with Crippen LogP contribution in [-0.2, 0) is 19.1 Å². The van der Waals surface area contributed by atoms with Crippen LogP contribution in [0.5, 0.6) is 0 Å². The molecule has 0 fully saturated rings. The minimum Gasteiger partial charge on any atom is -0.460 e. The van der Waals surface area contributed by atoms with Crippen LogP contribution in [0.4, 0.5) is 0 Å². The van der Waals surface area contributed by atoms with Crippen molar-refractivity contribution in [2.45, 2.75) is 38.5 Å². The summed E-state index contributed by atoms with van der Waals surface area (Å²) in [4.78, 5) is 26.7. The molecule has 33 heavy (non-hydrogen) atoms. The predicted octanol–water partition coefficient (Wildman–Crippen LogP) is 5.39. The first kappa shape index (κ1) is 23.5. The number of allylic oxidation sites excluding steroid dienone is 3. The molecular weight excluding hydrogens is 482 g/mol. The van der Waals surface area contributed by atoms with E-state index in [1.807, 2.05) is 56.3 Å². The van der Waals surface area contributed by atoms with Crippen LogP contribution in [0.3, 0.4) is 0 Å². The third kappa shape index (κ3) is 5.12. The molecule has 0 amide bonds. The van der Waals surface area contributed by atoms with Crippen molar-refractivity contribution in [2.24, 2.45) is 0 Å². The maximum absolute atomic E-state index is 13.6. The lowest BCUT2D eigenvalue weighted by Crippen LogP contribution is -2.36. The number of carbonyl (C=O) groups is 2. The van der Waals surface area contributed by atoms with Crippen LogP contribution in [0.2, 0.25) is 0 Å². The summed E-state index contributed by atoms with van der Waals surface area (Å²) in [6.07, 6.45) is 1.14. The maximum Gasteiger partial charge on any atom is 0.336 e. The van der Waals surface area contributed by atoms with Crippen molar-refractivity contribution in [1.82, 2.24) is 5.32 Å². The minimum absolute atomic E-state index is 0.0645. The van der Waals surface area contributed by atoms with Gasteiger partial charge in [-0.1, -0.05) is 58.4 Å². The number of rotatable bonds is 7. The van der Waals surface area contributed by atoms with Crippen molar-refractivity contribution in [3.63, 3.8) is 0 Å². The number of hydrogen-bond acceptors (Lipinski definition) is 5. The third-order valence-electron chi connectivity index (χ3n) is 6.17. The largest absolute Gasteiger partial charge is 0.460 e. The molecule has 2 aromatic rings. The van der Waals surface area contributed by atoms with Gasteiger partial charge >= 0.3 is 5.97 Å². The Balaban J connectivity index is 1.72. The summed E-state index contributed by atoms with van der Waals surface area (Å²) < 4.78 is 11.7. The highest BCUT2D eigenvalue weighted by Crippen LogP contribution is 2.46. The monoisotopic (exact) mass is 509 g/mol. The van der Waals surface area contributed by atoms with Crippen LogP contribution in [0.25, 0.3) is 0 Å². The van der Waals surface area contributed by atoms with Crippen LogP contribution in [0.1, 0.15) is 49.7 Å². The third-order valence-corrected chi connectivity index (χ3v) is 6.66. The molecule has 0 aromatic heterocycles. The average molecular weight is 510 g/mol. The average Bonchev–Trinajstić information content (AvgIpc) is 2.81. The highest BCUT2D eigenvalue weighted by Gasteiger charge is 2.41. The Morgan fingerprint density at radius 3 is 2.55 bits per heavy atom. The molecule has 0 radical (unpaired) electrons. The summed E-state index contributed by atoms with van der Waals surface area (Å²) in [5.74, 6) is -0.716. The molecule has 0 bridgehead atoms. The fraction of sp³-hybridized carbons (Fsp3) is 0.333. The van der Waals surface area contributed by atoms with Gasteiger partial charge in [0.2, 0.25) is 0 Å². The Bertz CT molecular complexity index is 1110. The summed E-state index contributed by atoms with van der Waals surface area (Å²) in [7, 11) is 0. The molecule has 2 aromatic carbocycles. The van der Waals surface area contributed by atoms with Crippen molar-refractivity contribution in [1.29, 1.82) is 0 Å². The second-order valence-corrected chi connectivity index (χ2v) is 9.23. The van der Waals surface area contributed by atoms with Crippen molar-refractivity contribution < 1.29 is 19.1 Å². The van der Waals surface area contributed by atoms with E-state index in [9.17, 15) is 9.59 Å². The van der Waals surface area contributed by atoms with Gasteiger partial charge in [-0.15, -0.1) is 0 Å². The lowest BCUT2D eigenvalue weighted by molar-refractivity contribution is -0.140. The normalized spacial score (nSPS) is 20.4. The van der Waals surface area contributed by atoms with Gasteiger partial charge in [0, 0.05) is 40.4 Å². The Morgan fingerprint density at radius 2 is 1.82 bits per heavy atom. The molecule has 1 aliphatic heterocycles. The number of halogens is 1. The van der Waals surface area contributed by atoms with Crippen LogP contribution < -0.4 is 5.32 Å². The second kappa shape index (κ2) is 10.5. The molecule has 6 heteroatoms. The number of ether oxygens (including phenoxy) is 2. The van der Waals surface area contributed by atoms with E-state index in [1.54, 1.807) is 0 Å². The summed E-state index contributed by atoms with van der Waals surface area (Å²) in [5.41, 5.74) is 4.81. The molecule has 0 saturated carbocycles. The highest BCUT2D eigenvalue weighted by molar-refractivity contribution is 9.10. The van der Waals surface area contributed by atoms with E-state index in [4.69, 9.17) is 9.47 Å². The van der Waals surface area contributed by atoms with Crippen molar-refractivity contribution >= 4 is 27.7 Å². The van der Waals surface area contributed by atoms with Crippen LogP contribution in [0, 0.1) is 0 Å². The maximum atomic E-state index is 13.6. The van der Waals surface area contributed by atoms with Gasteiger partial charge in [-0.25, -0.2) is 4.79 Å². The predicted molar refractivity (Wildman–Crippen MR) is 131 cm³/mol. The lowest BCUT2D eigenvalue weighted by Gasteiger charge is -2.36. The SMILES string of the molecule is CCOCCOC(=O)C1=C(C)NC2=C(C(=O)C[C@@H](c3ccccc3)C2)[C@@H]1c1cccc(Br)c1. The fourth-order valence-electron chi connectivity index (χ4n) is 4.71. The van der Waals surface area contributed by atoms with Gasteiger partial charge < -0.3 is 14.8 Å². The molecule has 5 nitrogen and oxygen atoms in total. The number of nitrogens with one attached hydrogen (secondary N) is 1. The molecule has 1 aliphatic carbocycles. The molecule has 0 saturated heterocycles. The van der Waals surface area contributed by atoms with E-state index in [0.29, 0.717) is 30.8 Å². The molecule has 0 spiro atoms. The number of dihydropyridines is 1. The van der Waals surface area contributed by atoms with Gasteiger partial charge in [-0.05, 0) is 49.4 Å². The summed E-state index contributed by atoms with van der Waals surface area (Å²) in [6, 6.07) is 17.9. The highest BCUT2D eigenvalue weighted by atomic mass is 79.9. The van der Waals surface area contributed by atoms with E-state index in [1.165, 1.54) is 0 Å². The molecule has 172 valence electrons. The van der Waals surface area contributed by atoms with Gasteiger partial charge in [-0.2, -0.15) is 0 Å². The summed E-state index contributed by atoms with van der Waals surface area (Å²) >= 11 is 3.54. The Morgan fingerprint density at radius 1 is 1.06 bits per heavy atom.